The fourth-order valence-electron chi connectivity index (χ4n) is 7.16. The lowest BCUT2D eigenvalue weighted by Gasteiger charge is -2.38. The van der Waals surface area contributed by atoms with Crippen molar-refractivity contribution >= 4 is 52.5 Å². The summed E-state index contributed by atoms with van der Waals surface area (Å²) >= 11 is 7.80. The number of aliphatic hydroxyl groups is 1. The first-order chi connectivity index (χ1) is 20.2. The first-order valence-corrected chi connectivity index (χ1v) is 15.7. The monoisotopic (exact) mass is 607 g/mol. The van der Waals surface area contributed by atoms with Crippen LogP contribution in [0.3, 0.4) is 0 Å². The van der Waals surface area contributed by atoms with Gasteiger partial charge >= 0.3 is 0 Å². The lowest BCUT2D eigenvalue weighted by Crippen LogP contribution is -2.55. The molecule has 9 heteroatoms. The van der Waals surface area contributed by atoms with E-state index < -0.39 is 27.4 Å². The molecule has 3 amide bonds. The molecule has 2 aromatic carbocycles. The van der Waals surface area contributed by atoms with Gasteiger partial charge in [0.1, 0.15) is 6.04 Å². The van der Waals surface area contributed by atoms with Crippen molar-refractivity contribution in [1.29, 1.82) is 0 Å². The van der Waals surface area contributed by atoms with Crippen LogP contribution in [-0.2, 0) is 14.4 Å². The molecular formula is C33H38ClN3O4S. The zero-order valence-electron chi connectivity index (χ0n) is 24.0. The topological polar surface area (TPSA) is 81.2 Å². The molecule has 222 valence electrons. The van der Waals surface area contributed by atoms with E-state index in [1.54, 1.807) is 62.9 Å². The van der Waals surface area contributed by atoms with Crippen molar-refractivity contribution in [3.8, 4) is 0 Å². The summed E-state index contributed by atoms with van der Waals surface area (Å²) in [5, 5.41) is 10.0. The van der Waals surface area contributed by atoms with Crippen LogP contribution in [-0.4, -0.2) is 69.5 Å². The van der Waals surface area contributed by atoms with Crippen LogP contribution in [0.5, 0.6) is 0 Å². The molecule has 2 unspecified atom stereocenters. The molecule has 3 aliphatic rings. The Labute approximate surface area is 257 Å². The van der Waals surface area contributed by atoms with E-state index in [2.05, 4.69) is 20.1 Å². The summed E-state index contributed by atoms with van der Waals surface area (Å²) < 4.78 is -1.24. The quantitative estimate of drug-likeness (QED) is 0.261. The second-order valence-electron chi connectivity index (χ2n) is 11.5. The van der Waals surface area contributed by atoms with E-state index in [0.717, 1.165) is 12.1 Å². The van der Waals surface area contributed by atoms with Gasteiger partial charge in [0.25, 0.3) is 5.91 Å². The Morgan fingerprint density at radius 3 is 2.24 bits per heavy atom. The summed E-state index contributed by atoms with van der Waals surface area (Å²) in [6, 6.07) is 15.8. The molecule has 0 radical (unpaired) electrons. The SMILES string of the molecule is C=CCN(C(=O)C1N(CCCCO)C(=O)[C@@H]2[C@H](C(=O)N(CC=C)c3ccccc3)[C@]3(C)CCC12S3)c1ccc(Cl)cc1. The van der Waals surface area contributed by atoms with Crippen LogP contribution in [0.1, 0.15) is 32.6 Å². The first kappa shape index (κ1) is 30.4. The number of amides is 3. The normalized spacial score (nSPS) is 27.5. The van der Waals surface area contributed by atoms with Gasteiger partial charge in [-0.2, -0.15) is 0 Å². The Balaban J connectivity index is 1.58. The zero-order chi connectivity index (χ0) is 30.1. The van der Waals surface area contributed by atoms with E-state index in [1.807, 2.05) is 30.3 Å². The zero-order valence-corrected chi connectivity index (χ0v) is 25.5. The molecule has 3 heterocycles. The number of unbranched alkanes of at least 4 members (excludes halogenated alkanes) is 1. The molecule has 7 nitrogen and oxygen atoms in total. The number of hydrogen-bond donors (Lipinski definition) is 1. The van der Waals surface area contributed by atoms with Crippen LogP contribution < -0.4 is 9.80 Å². The highest BCUT2D eigenvalue weighted by atomic mass is 35.5. The third-order valence-corrected chi connectivity index (χ3v) is 11.2. The van der Waals surface area contributed by atoms with E-state index in [4.69, 9.17) is 11.6 Å². The second kappa shape index (κ2) is 12.3. The molecule has 2 bridgehead atoms. The average molecular weight is 608 g/mol. The van der Waals surface area contributed by atoms with E-state index in [1.165, 1.54) is 0 Å². The van der Waals surface area contributed by atoms with Gasteiger partial charge in [-0.3, -0.25) is 14.4 Å². The number of thioether (sulfide) groups is 1. The summed E-state index contributed by atoms with van der Waals surface area (Å²) in [5.41, 5.74) is 1.43. The van der Waals surface area contributed by atoms with Crippen molar-refractivity contribution in [3.05, 3.63) is 84.9 Å². The number of aliphatic hydroxyl groups excluding tert-OH is 1. The van der Waals surface area contributed by atoms with Crippen LogP contribution in [0.4, 0.5) is 11.4 Å². The van der Waals surface area contributed by atoms with Crippen molar-refractivity contribution in [3.63, 3.8) is 0 Å². The average Bonchev–Trinajstić information content (AvgIpc) is 3.56. The second-order valence-corrected chi connectivity index (χ2v) is 13.8. The molecule has 3 saturated heterocycles. The smallest absolute Gasteiger partial charge is 0.251 e. The summed E-state index contributed by atoms with van der Waals surface area (Å²) in [4.78, 5) is 48.7. The van der Waals surface area contributed by atoms with Crippen LogP contribution in [0, 0.1) is 11.8 Å². The highest BCUT2D eigenvalue weighted by Gasteiger charge is 2.77. The number of benzene rings is 2. The fraction of sp³-hybridized carbons (Fsp3) is 0.424. The minimum Gasteiger partial charge on any atom is -0.396 e. The Bertz CT molecular complexity index is 1350. The standard InChI is InChI=1S/C33H38ClN3O4S/c1-4-19-35(24-11-7-6-8-12-24)29(39)26-27-30(40)37(21-9-10-22-38)28(33(27)18-17-32(26,3)42-33)31(41)36(20-5-2)25-15-13-23(34)14-16-25/h4-8,11-16,26-28,38H,1-2,9-10,17-22H2,3H3/t26-,27+,28?,32+,33?/m1/s1. The van der Waals surface area contributed by atoms with Gasteiger partial charge in [0.15, 0.2) is 0 Å². The predicted molar refractivity (Wildman–Crippen MR) is 170 cm³/mol. The highest BCUT2D eigenvalue weighted by molar-refractivity contribution is 8.02. The minimum atomic E-state index is -0.751. The summed E-state index contributed by atoms with van der Waals surface area (Å²) in [5.74, 6) is -1.68. The van der Waals surface area contributed by atoms with Gasteiger partial charge in [-0.1, -0.05) is 42.0 Å². The highest BCUT2D eigenvalue weighted by Crippen LogP contribution is 2.71. The predicted octanol–water partition coefficient (Wildman–Crippen LogP) is 5.33. The number of fused-ring (bicyclic) bond motifs is 1. The van der Waals surface area contributed by atoms with Crippen molar-refractivity contribution < 1.29 is 19.5 Å². The van der Waals surface area contributed by atoms with Crippen molar-refractivity contribution in [1.82, 2.24) is 4.90 Å². The molecular weight excluding hydrogens is 570 g/mol. The van der Waals surface area contributed by atoms with Gasteiger partial charge in [-0.25, -0.2) is 0 Å². The van der Waals surface area contributed by atoms with Crippen molar-refractivity contribution in [2.45, 2.75) is 48.1 Å². The lowest BCUT2D eigenvalue weighted by atomic mass is 9.66. The van der Waals surface area contributed by atoms with E-state index in [-0.39, 0.29) is 30.9 Å². The maximum atomic E-state index is 14.7. The largest absolute Gasteiger partial charge is 0.396 e. The van der Waals surface area contributed by atoms with Gasteiger partial charge in [0, 0.05) is 47.4 Å². The molecule has 2 aromatic rings. The van der Waals surface area contributed by atoms with Gasteiger partial charge in [0.2, 0.25) is 11.8 Å². The molecule has 3 fully saturated rings. The van der Waals surface area contributed by atoms with Gasteiger partial charge in [0.05, 0.1) is 16.6 Å². The molecule has 0 saturated carbocycles. The van der Waals surface area contributed by atoms with E-state index in [9.17, 15) is 19.5 Å². The molecule has 1 spiro atoms. The molecule has 5 atom stereocenters. The lowest BCUT2D eigenvalue weighted by molar-refractivity contribution is -0.139. The summed E-state index contributed by atoms with van der Waals surface area (Å²) in [6.07, 6.45) is 5.84. The Morgan fingerprint density at radius 2 is 1.62 bits per heavy atom. The fourth-order valence-corrected chi connectivity index (χ4v) is 9.63. The first-order valence-electron chi connectivity index (χ1n) is 14.5. The van der Waals surface area contributed by atoms with Crippen molar-refractivity contribution in [2.24, 2.45) is 11.8 Å². The molecule has 1 N–H and O–H groups in total. The van der Waals surface area contributed by atoms with Crippen LogP contribution in [0.15, 0.2) is 79.9 Å². The van der Waals surface area contributed by atoms with Crippen LogP contribution >= 0.6 is 23.4 Å². The van der Waals surface area contributed by atoms with Crippen LogP contribution in [0.2, 0.25) is 5.02 Å². The number of carbonyl (C=O) groups is 3. The summed E-state index contributed by atoms with van der Waals surface area (Å²) in [6.45, 7) is 10.8. The maximum Gasteiger partial charge on any atom is 0.251 e. The molecule has 3 aliphatic heterocycles. The molecule has 0 aromatic heterocycles. The number of halogens is 1. The van der Waals surface area contributed by atoms with Crippen LogP contribution in [0.25, 0.3) is 0 Å². The number of rotatable bonds is 12. The van der Waals surface area contributed by atoms with Gasteiger partial charge in [-0.15, -0.1) is 24.9 Å². The number of likely N-dealkylation sites (tertiary alicyclic amines) is 1. The summed E-state index contributed by atoms with van der Waals surface area (Å²) in [7, 11) is 0. The van der Waals surface area contributed by atoms with Gasteiger partial charge < -0.3 is 19.8 Å². The minimum absolute atomic E-state index is 0.00407. The number of nitrogens with zero attached hydrogens (tertiary/aromatic N) is 3. The maximum absolute atomic E-state index is 14.7. The number of hydrogen-bond acceptors (Lipinski definition) is 5. The Morgan fingerprint density at radius 1 is 1.00 bits per heavy atom. The molecule has 0 aliphatic carbocycles. The number of para-hydroxylation sites is 1. The molecule has 5 rings (SSSR count). The van der Waals surface area contributed by atoms with E-state index in [0.29, 0.717) is 43.1 Å². The Kier molecular flexibility index (Phi) is 8.88. The van der Waals surface area contributed by atoms with Crippen molar-refractivity contribution in [2.75, 3.05) is 36.0 Å². The third-order valence-electron chi connectivity index (χ3n) is 8.95. The third kappa shape index (κ3) is 5.07. The van der Waals surface area contributed by atoms with Gasteiger partial charge in [-0.05, 0) is 69.0 Å². The number of carbonyl (C=O) groups excluding carboxylic acids is 3. The molecule has 42 heavy (non-hydrogen) atoms. The van der Waals surface area contributed by atoms with E-state index >= 15 is 0 Å². The number of anilines is 2. The Hall–Kier alpha value is -3.07.